The number of methoxy groups -OCH3 is 1. The third-order valence-corrected chi connectivity index (χ3v) is 6.01. The number of nitrogens with one attached hydrogen (secondary N) is 3. The standard InChI is InChI=1S/C28H29IN4O6/c1-4-38-24-14-20(16-31-33-28(36)27(35)30-15-19-7-5-18(2)6-8-19)13-23(29)26(24)39-17-25(34)32-21-9-11-22(37-3)12-10-21/h5-14,16H,4,15,17H2,1-3H3,(H,30,35)(H,32,34)(H,33,36)/b31-16-. The minimum atomic E-state index is -0.888. The van der Waals surface area contributed by atoms with Crippen LogP contribution in [0.4, 0.5) is 5.69 Å². The molecule has 0 aliphatic heterocycles. The fraction of sp³-hybridized carbons (Fsp3) is 0.214. The second-order valence-corrected chi connectivity index (χ2v) is 9.36. The maximum Gasteiger partial charge on any atom is 0.329 e. The first kappa shape index (κ1) is 29.4. The number of hydrogen-bond acceptors (Lipinski definition) is 7. The van der Waals surface area contributed by atoms with Gasteiger partial charge in [0.2, 0.25) is 0 Å². The number of hydrazone groups is 1. The van der Waals surface area contributed by atoms with Crippen molar-refractivity contribution in [1.82, 2.24) is 10.7 Å². The molecule has 3 rings (SSSR count). The van der Waals surface area contributed by atoms with E-state index in [1.165, 1.54) is 6.21 Å². The summed E-state index contributed by atoms with van der Waals surface area (Å²) in [6, 6.07) is 18.0. The lowest BCUT2D eigenvalue weighted by Gasteiger charge is -2.14. The Morgan fingerprint density at radius 3 is 2.36 bits per heavy atom. The highest BCUT2D eigenvalue weighted by molar-refractivity contribution is 14.1. The van der Waals surface area contributed by atoms with Crippen molar-refractivity contribution in [3.63, 3.8) is 0 Å². The highest BCUT2D eigenvalue weighted by Crippen LogP contribution is 2.34. The molecule has 0 spiro atoms. The smallest absolute Gasteiger partial charge is 0.329 e. The normalized spacial score (nSPS) is 10.6. The van der Waals surface area contributed by atoms with Crippen LogP contribution in [0.3, 0.4) is 0 Å². The third kappa shape index (κ3) is 9.28. The van der Waals surface area contributed by atoms with E-state index in [4.69, 9.17) is 14.2 Å². The third-order valence-electron chi connectivity index (χ3n) is 5.21. The Bertz CT molecular complexity index is 1330. The number of carbonyl (C=O) groups excluding carboxylic acids is 3. The van der Waals surface area contributed by atoms with Crippen molar-refractivity contribution in [1.29, 1.82) is 0 Å². The zero-order chi connectivity index (χ0) is 28.2. The lowest BCUT2D eigenvalue weighted by atomic mass is 10.1. The van der Waals surface area contributed by atoms with Gasteiger partial charge in [0.1, 0.15) is 5.75 Å². The number of benzene rings is 3. The van der Waals surface area contributed by atoms with E-state index in [0.29, 0.717) is 38.7 Å². The Balaban J connectivity index is 1.56. The Hall–Kier alpha value is -4.13. The molecule has 39 heavy (non-hydrogen) atoms. The van der Waals surface area contributed by atoms with Crippen LogP contribution in [0.25, 0.3) is 0 Å². The summed E-state index contributed by atoms with van der Waals surface area (Å²) in [4.78, 5) is 36.5. The van der Waals surface area contributed by atoms with Crippen LogP contribution in [0.1, 0.15) is 23.6 Å². The predicted molar refractivity (Wildman–Crippen MR) is 156 cm³/mol. The number of carbonyl (C=O) groups is 3. The van der Waals surface area contributed by atoms with Crippen molar-refractivity contribution in [2.75, 3.05) is 25.6 Å². The van der Waals surface area contributed by atoms with E-state index in [-0.39, 0.29) is 19.1 Å². The molecule has 0 atom stereocenters. The van der Waals surface area contributed by atoms with E-state index < -0.39 is 11.8 Å². The minimum absolute atomic E-state index is 0.228. The average molecular weight is 644 g/mol. The maximum absolute atomic E-state index is 12.4. The van der Waals surface area contributed by atoms with Gasteiger partial charge < -0.3 is 24.8 Å². The first-order valence-electron chi connectivity index (χ1n) is 12.0. The molecule has 10 nitrogen and oxygen atoms in total. The van der Waals surface area contributed by atoms with E-state index in [9.17, 15) is 14.4 Å². The molecule has 0 unspecified atom stereocenters. The van der Waals surface area contributed by atoms with Crippen LogP contribution in [0.2, 0.25) is 0 Å². The molecule has 0 bridgehead atoms. The van der Waals surface area contributed by atoms with E-state index in [0.717, 1.165) is 11.1 Å². The number of aryl methyl sites for hydroxylation is 1. The highest BCUT2D eigenvalue weighted by Gasteiger charge is 2.15. The molecule has 0 fully saturated rings. The molecule has 3 aromatic carbocycles. The molecule has 0 aromatic heterocycles. The summed E-state index contributed by atoms with van der Waals surface area (Å²) < 4.78 is 17.2. The van der Waals surface area contributed by atoms with Crippen molar-refractivity contribution in [2.24, 2.45) is 5.10 Å². The van der Waals surface area contributed by atoms with Gasteiger partial charge in [0.15, 0.2) is 18.1 Å². The van der Waals surface area contributed by atoms with E-state index in [1.54, 1.807) is 43.5 Å². The molecule has 11 heteroatoms. The van der Waals surface area contributed by atoms with E-state index in [2.05, 4.69) is 43.8 Å². The predicted octanol–water partition coefficient (Wildman–Crippen LogP) is 3.79. The monoisotopic (exact) mass is 644 g/mol. The Labute approximate surface area is 240 Å². The number of hydrogen-bond donors (Lipinski definition) is 3. The summed E-state index contributed by atoms with van der Waals surface area (Å²) in [6.45, 7) is 4.15. The number of rotatable bonds is 11. The van der Waals surface area contributed by atoms with Crippen LogP contribution in [-0.4, -0.2) is 44.3 Å². The molecule has 0 heterocycles. The van der Waals surface area contributed by atoms with Gasteiger partial charge in [0, 0.05) is 12.2 Å². The average Bonchev–Trinajstić information content (AvgIpc) is 2.92. The number of halogens is 1. The fourth-order valence-electron chi connectivity index (χ4n) is 3.26. The molecule has 0 radical (unpaired) electrons. The van der Waals surface area contributed by atoms with Crippen molar-refractivity contribution < 1.29 is 28.6 Å². The van der Waals surface area contributed by atoms with Gasteiger partial charge in [-0.1, -0.05) is 29.8 Å². The number of ether oxygens (including phenoxy) is 3. The second-order valence-electron chi connectivity index (χ2n) is 8.20. The molecule has 3 aromatic rings. The Morgan fingerprint density at radius 1 is 0.974 bits per heavy atom. The molecular formula is C28H29IN4O6. The fourth-order valence-corrected chi connectivity index (χ4v) is 4.04. The van der Waals surface area contributed by atoms with Crippen LogP contribution in [-0.2, 0) is 20.9 Å². The maximum atomic E-state index is 12.4. The number of nitrogens with zero attached hydrogens (tertiary/aromatic N) is 1. The molecule has 0 saturated heterocycles. The lowest BCUT2D eigenvalue weighted by molar-refractivity contribution is -0.139. The van der Waals surface area contributed by atoms with Crippen molar-refractivity contribution >= 4 is 52.2 Å². The second kappa shape index (κ2) is 14.7. The van der Waals surface area contributed by atoms with Crippen LogP contribution < -0.4 is 30.3 Å². The van der Waals surface area contributed by atoms with Gasteiger partial charge in [-0.3, -0.25) is 14.4 Å². The molecule has 0 aliphatic rings. The van der Waals surface area contributed by atoms with E-state index in [1.807, 2.05) is 38.1 Å². The zero-order valence-electron chi connectivity index (χ0n) is 21.7. The van der Waals surface area contributed by atoms with E-state index >= 15 is 0 Å². The van der Waals surface area contributed by atoms with Crippen LogP contribution in [0.15, 0.2) is 65.8 Å². The summed E-state index contributed by atoms with van der Waals surface area (Å²) in [6.07, 6.45) is 1.38. The summed E-state index contributed by atoms with van der Waals surface area (Å²) in [5.41, 5.74) is 5.41. The van der Waals surface area contributed by atoms with Crippen molar-refractivity contribution in [3.8, 4) is 17.2 Å². The molecule has 3 amide bonds. The summed E-state index contributed by atoms with van der Waals surface area (Å²) in [7, 11) is 1.57. The van der Waals surface area contributed by atoms with Gasteiger partial charge in [-0.05, 0) is 84.0 Å². The first-order valence-corrected chi connectivity index (χ1v) is 13.1. The molecule has 3 N–H and O–H groups in total. The molecule has 204 valence electrons. The van der Waals surface area contributed by atoms with Gasteiger partial charge in [0.25, 0.3) is 5.91 Å². The Morgan fingerprint density at radius 2 is 1.69 bits per heavy atom. The minimum Gasteiger partial charge on any atom is -0.497 e. The quantitative estimate of drug-likeness (QED) is 0.126. The van der Waals surface area contributed by atoms with Gasteiger partial charge in [-0.15, -0.1) is 0 Å². The Kier molecular flexibility index (Phi) is 11.1. The van der Waals surface area contributed by atoms with Crippen LogP contribution >= 0.6 is 22.6 Å². The molecule has 0 aliphatic carbocycles. The zero-order valence-corrected chi connectivity index (χ0v) is 23.9. The summed E-state index contributed by atoms with van der Waals surface area (Å²) in [5.74, 6) is -0.531. The van der Waals surface area contributed by atoms with Gasteiger partial charge in [0.05, 0.1) is 23.5 Å². The van der Waals surface area contributed by atoms with Crippen molar-refractivity contribution in [3.05, 3.63) is 80.9 Å². The van der Waals surface area contributed by atoms with Gasteiger partial charge in [-0.25, -0.2) is 5.43 Å². The van der Waals surface area contributed by atoms with Crippen molar-refractivity contribution in [2.45, 2.75) is 20.4 Å². The molecular weight excluding hydrogens is 615 g/mol. The summed E-state index contributed by atoms with van der Waals surface area (Å²) in [5, 5.41) is 9.19. The van der Waals surface area contributed by atoms with Gasteiger partial charge >= 0.3 is 11.8 Å². The molecule has 0 saturated carbocycles. The largest absolute Gasteiger partial charge is 0.497 e. The highest BCUT2D eigenvalue weighted by atomic mass is 127. The van der Waals surface area contributed by atoms with Gasteiger partial charge in [-0.2, -0.15) is 5.10 Å². The number of anilines is 1. The summed E-state index contributed by atoms with van der Waals surface area (Å²) >= 11 is 2.06. The SMILES string of the molecule is CCOc1cc(/C=N\NC(=O)C(=O)NCc2ccc(C)cc2)cc(I)c1OCC(=O)Nc1ccc(OC)cc1. The lowest BCUT2D eigenvalue weighted by Crippen LogP contribution is -2.37. The first-order chi connectivity index (χ1) is 18.8. The number of amides is 3. The topological polar surface area (TPSA) is 127 Å². The van der Waals surface area contributed by atoms with Crippen LogP contribution in [0.5, 0.6) is 17.2 Å². The van der Waals surface area contributed by atoms with Crippen LogP contribution in [0, 0.1) is 10.5 Å².